The van der Waals surface area contributed by atoms with Crippen LogP contribution < -0.4 is 5.32 Å². The average Bonchev–Trinajstić information content (AvgIpc) is 2.72. The molecule has 0 saturated carbocycles. The Bertz CT molecular complexity index is 751. The van der Waals surface area contributed by atoms with E-state index in [4.69, 9.17) is 19.3 Å². The molecule has 4 atom stereocenters. The molecule has 3 heterocycles. The van der Waals surface area contributed by atoms with Crippen molar-refractivity contribution in [3.05, 3.63) is 0 Å². The lowest BCUT2D eigenvalue weighted by Gasteiger charge is -2.54. The van der Waals surface area contributed by atoms with E-state index < -0.39 is 22.8 Å². The Morgan fingerprint density at radius 1 is 1.03 bits per heavy atom. The molecule has 0 bridgehead atoms. The summed E-state index contributed by atoms with van der Waals surface area (Å²) in [6, 6.07) is 0. The zero-order valence-electron chi connectivity index (χ0n) is 20.3. The maximum absolute atomic E-state index is 11.8. The van der Waals surface area contributed by atoms with Crippen LogP contribution in [0.3, 0.4) is 0 Å². The van der Waals surface area contributed by atoms with Crippen LogP contribution >= 0.6 is 0 Å². The number of carbonyl (C=O) groups is 4. The molecule has 3 saturated heterocycles. The summed E-state index contributed by atoms with van der Waals surface area (Å²) >= 11 is 0. The van der Waals surface area contributed by atoms with Gasteiger partial charge in [-0.3, -0.25) is 19.7 Å². The number of imide groups is 1. The molecule has 2 amide bonds. The number of rotatable bonds is 8. The van der Waals surface area contributed by atoms with Crippen LogP contribution in [-0.4, -0.2) is 72.1 Å². The first-order chi connectivity index (χ1) is 15.4. The number of hydrogen-bond donors (Lipinski definition) is 2. The first kappa shape index (κ1) is 27.2. The third kappa shape index (κ3) is 6.10. The van der Waals surface area contributed by atoms with Gasteiger partial charge in [0.1, 0.15) is 0 Å². The van der Waals surface area contributed by atoms with Crippen molar-refractivity contribution in [1.29, 1.82) is 0 Å². The number of aliphatic hydroxyl groups is 1. The van der Waals surface area contributed by atoms with Crippen molar-refractivity contribution in [3.63, 3.8) is 0 Å². The van der Waals surface area contributed by atoms with Gasteiger partial charge in [0.05, 0.1) is 25.4 Å². The number of ether oxygens (including phenoxy) is 4. The second kappa shape index (κ2) is 10.5. The van der Waals surface area contributed by atoms with E-state index in [1.807, 2.05) is 13.8 Å². The van der Waals surface area contributed by atoms with Crippen molar-refractivity contribution in [3.8, 4) is 0 Å². The van der Waals surface area contributed by atoms with Gasteiger partial charge in [-0.05, 0) is 39.5 Å². The van der Waals surface area contributed by atoms with Gasteiger partial charge in [0.25, 0.3) is 5.91 Å². The third-order valence-electron chi connectivity index (χ3n) is 6.56. The lowest BCUT2D eigenvalue weighted by molar-refractivity contribution is -0.271. The molecule has 0 aromatic rings. The van der Waals surface area contributed by atoms with Gasteiger partial charge in [-0.1, -0.05) is 13.3 Å². The van der Waals surface area contributed by atoms with E-state index in [2.05, 4.69) is 17.0 Å². The highest BCUT2D eigenvalue weighted by molar-refractivity contribution is 6.02. The van der Waals surface area contributed by atoms with Gasteiger partial charge in [0, 0.05) is 32.3 Å². The Morgan fingerprint density at radius 3 is 2.12 bits per heavy atom. The van der Waals surface area contributed by atoms with Crippen molar-refractivity contribution in [2.24, 2.45) is 0 Å². The third-order valence-corrected chi connectivity index (χ3v) is 6.56. The van der Waals surface area contributed by atoms with Crippen LogP contribution in [0.1, 0.15) is 78.6 Å². The summed E-state index contributed by atoms with van der Waals surface area (Å²) in [4.78, 5) is 45.5. The molecular weight excluding hydrogens is 434 g/mol. The highest BCUT2D eigenvalue weighted by Crippen LogP contribution is 2.48. The number of hydrogen-bond acceptors (Lipinski definition) is 9. The lowest BCUT2D eigenvalue weighted by Crippen LogP contribution is -2.68. The summed E-state index contributed by atoms with van der Waals surface area (Å²) in [5.41, 5.74) is -2.46. The minimum absolute atomic E-state index is 0.0487. The molecule has 4 unspecified atom stereocenters. The number of amides is 2. The predicted octanol–water partition coefficient (Wildman–Crippen LogP) is 1.55. The van der Waals surface area contributed by atoms with Gasteiger partial charge in [-0.2, -0.15) is 0 Å². The molecule has 10 heteroatoms. The molecule has 2 N–H and O–H groups in total. The zero-order chi connectivity index (χ0) is 24.9. The van der Waals surface area contributed by atoms with Crippen molar-refractivity contribution >= 4 is 23.8 Å². The number of esters is 2. The monoisotopic (exact) mass is 471 g/mol. The first-order valence-electron chi connectivity index (χ1n) is 11.4. The topological polar surface area (TPSA) is 137 Å². The SMILES string of the molecule is CC1(CCO)CC2(CCC(=O)NC2=O)O1.CCCC1(C)CC(CCC(=O)OC)(C(=O)OC)O1. The number of piperidine rings is 1. The molecule has 3 aliphatic heterocycles. The smallest absolute Gasteiger partial charge is 0.338 e. The van der Waals surface area contributed by atoms with Crippen LogP contribution in [0.5, 0.6) is 0 Å². The number of methoxy groups -OCH3 is 2. The Balaban J connectivity index is 0.000000237. The minimum atomic E-state index is -0.965. The Morgan fingerprint density at radius 2 is 1.64 bits per heavy atom. The summed E-state index contributed by atoms with van der Waals surface area (Å²) in [6.07, 6.45) is 4.85. The lowest BCUT2D eigenvalue weighted by atomic mass is 9.74. The van der Waals surface area contributed by atoms with Crippen molar-refractivity contribution in [2.75, 3.05) is 20.8 Å². The second-order valence-corrected chi connectivity index (χ2v) is 9.61. The van der Waals surface area contributed by atoms with E-state index in [9.17, 15) is 19.2 Å². The molecule has 10 nitrogen and oxygen atoms in total. The van der Waals surface area contributed by atoms with Crippen LogP contribution in [0.15, 0.2) is 0 Å². The van der Waals surface area contributed by atoms with E-state index in [0.29, 0.717) is 38.5 Å². The largest absolute Gasteiger partial charge is 0.469 e. The predicted molar refractivity (Wildman–Crippen MR) is 116 cm³/mol. The molecule has 0 aromatic heterocycles. The van der Waals surface area contributed by atoms with Crippen LogP contribution in [0.4, 0.5) is 0 Å². The summed E-state index contributed by atoms with van der Waals surface area (Å²) in [5.74, 6) is -1.30. The number of nitrogens with one attached hydrogen (secondary N) is 1. The summed E-state index contributed by atoms with van der Waals surface area (Å²) < 4.78 is 20.8. The molecular formula is C23H37NO9. The van der Waals surface area contributed by atoms with E-state index in [1.54, 1.807) is 0 Å². The minimum Gasteiger partial charge on any atom is -0.469 e. The fourth-order valence-corrected chi connectivity index (χ4v) is 5.12. The van der Waals surface area contributed by atoms with Crippen molar-refractivity contribution < 1.29 is 43.2 Å². The van der Waals surface area contributed by atoms with Crippen molar-refractivity contribution in [1.82, 2.24) is 5.32 Å². The molecule has 0 radical (unpaired) electrons. The molecule has 3 fully saturated rings. The summed E-state index contributed by atoms with van der Waals surface area (Å²) in [5, 5.41) is 11.1. The zero-order valence-corrected chi connectivity index (χ0v) is 20.3. The molecule has 1 spiro atoms. The molecule has 3 rings (SSSR count). The summed E-state index contributed by atoms with van der Waals surface area (Å²) in [6.45, 7) is 5.97. The molecule has 0 aromatic carbocycles. The fraction of sp³-hybridized carbons (Fsp3) is 0.826. The van der Waals surface area contributed by atoms with Gasteiger partial charge in [0.2, 0.25) is 5.91 Å². The van der Waals surface area contributed by atoms with Crippen LogP contribution in [-0.2, 0) is 38.1 Å². The molecule has 0 aliphatic carbocycles. The number of aliphatic hydroxyl groups excluding tert-OH is 1. The maximum atomic E-state index is 11.8. The molecule has 3 aliphatic rings. The Kier molecular flexibility index (Phi) is 8.64. The standard InChI is InChI=1S/C13H22O5.C10H15NO4/c1-5-7-12(2)9-13(18-12,11(15)17-4)8-6-10(14)16-3;1-9(4-5-12)6-10(15-9)3-2-7(13)11-8(10)14/h5-9H2,1-4H3;12H,2-6H2,1H3,(H,11,13,14). The Hall–Kier alpha value is -2.04. The van der Waals surface area contributed by atoms with Gasteiger partial charge in [-0.25, -0.2) is 4.79 Å². The van der Waals surface area contributed by atoms with Gasteiger partial charge < -0.3 is 24.1 Å². The highest BCUT2D eigenvalue weighted by atomic mass is 16.6. The van der Waals surface area contributed by atoms with E-state index in [-0.39, 0.29) is 36.4 Å². The average molecular weight is 472 g/mol. The van der Waals surface area contributed by atoms with Crippen molar-refractivity contribution in [2.45, 2.75) is 101 Å². The molecule has 33 heavy (non-hydrogen) atoms. The molecule has 188 valence electrons. The first-order valence-corrected chi connectivity index (χ1v) is 11.4. The van der Waals surface area contributed by atoms with Gasteiger partial charge in [-0.15, -0.1) is 0 Å². The Labute approximate surface area is 194 Å². The highest BCUT2D eigenvalue weighted by Gasteiger charge is 2.59. The van der Waals surface area contributed by atoms with Gasteiger partial charge >= 0.3 is 11.9 Å². The van der Waals surface area contributed by atoms with E-state index >= 15 is 0 Å². The van der Waals surface area contributed by atoms with Gasteiger partial charge in [0.15, 0.2) is 11.2 Å². The quantitative estimate of drug-likeness (QED) is 0.399. The maximum Gasteiger partial charge on any atom is 0.338 e. The normalized spacial score (nSPS) is 34.8. The van der Waals surface area contributed by atoms with E-state index in [1.165, 1.54) is 14.2 Å². The second-order valence-electron chi connectivity index (χ2n) is 9.61. The van der Waals surface area contributed by atoms with E-state index in [0.717, 1.165) is 12.8 Å². The summed E-state index contributed by atoms with van der Waals surface area (Å²) in [7, 11) is 2.66. The van der Waals surface area contributed by atoms with Crippen LogP contribution in [0.25, 0.3) is 0 Å². The fourth-order valence-electron chi connectivity index (χ4n) is 5.12. The number of carbonyl (C=O) groups excluding carboxylic acids is 4. The van der Waals surface area contributed by atoms with Crippen LogP contribution in [0, 0.1) is 0 Å². The van der Waals surface area contributed by atoms with Crippen LogP contribution in [0.2, 0.25) is 0 Å².